The molecule has 1 atom stereocenters. The summed E-state index contributed by atoms with van der Waals surface area (Å²) < 4.78 is 31.7. The summed E-state index contributed by atoms with van der Waals surface area (Å²) in [5, 5.41) is 2.64. The van der Waals surface area contributed by atoms with E-state index in [2.05, 4.69) is 5.32 Å². The maximum atomic E-state index is 13.5. The lowest BCUT2D eigenvalue weighted by Crippen LogP contribution is -2.47. The summed E-state index contributed by atoms with van der Waals surface area (Å²) in [6, 6.07) is 1.96. The first-order valence-corrected chi connectivity index (χ1v) is 7.31. The van der Waals surface area contributed by atoms with Crippen molar-refractivity contribution in [3.63, 3.8) is 0 Å². The molecule has 1 N–H and O–H groups in total. The molecule has 23 heavy (non-hydrogen) atoms. The molecule has 2 amide bonds. The fraction of sp³-hybridized carbons (Fsp3) is 0.375. The van der Waals surface area contributed by atoms with Crippen LogP contribution >= 0.6 is 0 Å². The Morgan fingerprint density at radius 2 is 2.00 bits per heavy atom. The van der Waals surface area contributed by atoms with Gasteiger partial charge in [0, 0.05) is 12.2 Å². The van der Waals surface area contributed by atoms with Crippen LogP contribution in [0.2, 0.25) is 0 Å². The van der Waals surface area contributed by atoms with Crippen molar-refractivity contribution in [2.45, 2.75) is 26.8 Å². The highest BCUT2D eigenvalue weighted by Crippen LogP contribution is 2.31. The number of nitrogens with one attached hydrogen (secondary N) is 1. The minimum absolute atomic E-state index is 0.167. The Hall–Kier alpha value is -2.44. The molecule has 1 aliphatic rings. The maximum absolute atomic E-state index is 13.5. The molecule has 0 fully saturated rings. The molecule has 0 saturated carbocycles. The number of carbonyl (C=O) groups excluding carboxylic acids is 2. The summed E-state index contributed by atoms with van der Waals surface area (Å²) in [5.74, 6) is -2.64. The van der Waals surface area contributed by atoms with Gasteiger partial charge in [0.25, 0.3) is 0 Å². The van der Waals surface area contributed by atoms with Gasteiger partial charge in [-0.1, -0.05) is 6.07 Å². The molecule has 0 saturated heterocycles. The number of hydrogen-bond acceptors (Lipinski definition) is 3. The van der Waals surface area contributed by atoms with Crippen LogP contribution in [-0.4, -0.2) is 30.1 Å². The van der Waals surface area contributed by atoms with Gasteiger partial charge in [-0.25, -0.2) is 18.4 Å². The smallest absolute Gasteiger partial charge is 0.338 e. The maximum Gasteiger partial charge on any atom is 0.338 e. The topological polar surface area (TPSA) is 58.6 Å². The van der Waals surface area contributed by atoms with E-state index in [-0.39, 0.29) is 17.7 Å². The van der Waals surface area contributed by atoms with Crippen molar-refractivity contribution < 1.29 is 23.1 Å². The fourth-order valence-corrected chi connectivity index (χ4v) is 2.58. The molecule has 1 aliphatic heterocycles. The zero-order valence-electron chi connectivity index (χ0n) is 13.2. The van der Waals surface area contributed by atoms with Crippen molar-refractivity contribution in [2.24, 2.45) is 0 Å². The van der Waals surface area contributed by atoms with Crippen molar-refractivity contribution >= 4 is 12.0 Å². The number of ether oxygens (including phenoxy) is 1. The van der Waals surface area contributed by atoms with E-state index < -0.39 is 29.7 Å². The zero-order valence-corrected chi connectivity index (χ0v) is 13.2. The van der Waals surface area contributed by atoms with Gasteiger partial charge in [-0.05, 0) is 38.5 Å². The number of rotatable bonds is 4. The van der Waals surface area contributed by atoms with Crippen LogP contribution in [0.1, 0.15) is 32.4 Å². The van der Waals surface area contributed by atoms with Gasteiger partial charge in [0.2, 0.25) is 0 Å². The SMILES string of the molecule is CCOC(=O)C1=C(C)N(CC)C(=O)NC1c1ccc(F)c(F)c1. The molecule has 0 aromatic heterocycles. The van der Waals surface area contributed by atoms with Crippen molar-refractivity contribution in [2.75, 3.05) is 13.2 Å². The Labute approximate surface area is 132 Å². The van der Waals surface area contributed by atoms with Gasteiger partial charge in [-0.15, -0.1) is 0 Å². The minimum atomic E-state index is -1.05. The lowest BCUT2D eigenvalue weighted by molar-refractivity contribution is -0.139. The predicted octanol–water partition coefficient (Wildman–Crippen LogP) is 2.89. The fourth-order valence-electron chi connectivity index (χ4n) is 2.58. The molecule has 1 unspecified atom stereocenters. The monoisotopic (exact) mass is 324 g/mol. The molecule has 1 aromatic carbocycles. The summed E-state index contributed by atoms with van der Waals surface area (Å²) in [6.45, 7) is 5.59. The predicted molar refractivity (Wildman–Crippen MR) is 79.3 cm³/mol. The molecule has 124 valence electrons. The molecule has 1 aromatic rings. The second-order valence-electron chi connectivity index (χ2n) is 5.02. The van der Waals surface area contributed by atoms with E-state index in [9.17, 15) is 18.4 Å². The van der Waals surface area contributed by atoms with E-state index in [4.69, 9.17) is 4.74 Å². The number of urea groups is 1. The van der Waals surface area contributed by atoms with Gasteiger partial charge in [0.1, 0.15) is 0 Å². The van der Waals surface area contributed by atoms with Crippen molar-refractivity contribution in [3.8, 4) is 0 Å². The van der Waals surface area contributed by atoms with E-state index in [1.807, 2.05) is 0 Å². The molecule has 5 nitrogen and oxygen atoms in total. The lowest BCUT2D eigenvalue weighted by atomic mass is 9.94. The van der Waals surface area contributed by atoms with Crippen LogP contribution in [0.3, 0.4) is 0 Å². The lowest BCUT2D eigenvalue weighted by Gasteiger charge is -2.34. The van der Waals surface area contributed by atoms with Gasteiger partial charge >= 0.3 is 12.0 Å². The third-order valence-corrected chi connectivity index (χ3v) is 3.68. The average Bonchev–Trinajstić information content (AvgIpc) is 2.50. The van der Waals surface area contributed by atoms with E-state index in [1.54, 1.807) is 20.8 Å². The highest BCUT2D eigenvalue weighted by molar-refractivity contribution is 5.95. The molecule has 1 heterocycles. The van der Waals surface area contributed by atoms with Crippen LogP contribution in [0.15, 0.2) is 29.5 Å². The molecule has 0 radical (unpaired) electrons. The molecular formula is C16H18F2N2O3. The second-order valence-corrected chi connectivity index (χ2v) is 5.02. The Kier molecular flexibility index (Phi) is 4.98. The highest BCUT2D eigenvalue weighted by atomic mass is 19.2. The Morgan fingerprint density at radius 1 is 1.30 bits per heavy atom. The number of nitrogens with zero attached hydrogens (tertiary/aromatic N) is 1. The summed E-state index contributed by atoms with van der Waals surface area (Å²) in [4.78, 5) is 25.8. The van der Waals surface area contributed by atoms with Gasteiger partial charge in [-0.3, -0.25) is 4.90 Å². The van der Waals surface area contributed by atoms with Crippen molar-refractivity contribution in [1.82, 2.24) is 10.2 Å². The Bertz CT molecular complexity index is 673. The van der Waals surface area contributed by atoms with Crippen LogP contribution in [-0.2, 0) is 9.53 Å². The van der Waals surface area contributed by atoms with E-state index >= 15 is 0 Å². The number of hydrogen-bond donors (Lipinski definition) is 1. The van der Waals surface area contributed by atoms with Crippen LogP contribution in [0.25, 0.3) is 0 Å². The van der Waals surface area contributed by atoms with Crippen LogP contribution in [0.5, 0.6) is 0 Å². The summed E-state index contributed by atoms with van der Waals surface area (Å²) in [6.07, 6.45) is 0. The summed E-state index contributed by atoms with van der Waals surface area (Å²) in [5.41, 5.74) is 0.916. The molecule has 0 spiro atoms. The zero-order chi connectivity index (χ0) is 17.1. The van der Waals surface area contributed by atoms with Crippen molar-refractivity contribution in [3.05, 3.63) is 46.7 Å². The third-order valence-electron chi connectivity index (χ3n) is 3.68. The van der Waals surface area contributed by atoms with Gasteiger partial charge in [0.05, 0.1) is 18.2 Å². The number of carbonyl (C=O) groups is 2. The normalized spacial score (nSPS) is 18.0. The first-order valence-electron chi connectivity index (χ1n) is 7.31. The van der Waals surface area contributed by atoms with E-state index in [1.165, 1.54) is 11.0 Å². The number of benzene rings is 1. The third kappa shape index (κ3) is 3.18. The number of allylic oxidation sites excluding steroid dienone is 1. The number of amides is 2. The van der Waals surface area contributed by atoms with Crippen LogP contribution < -0.4 is 5.32 Å². The first-order chi connectivity index (χ1) is 10.9. The standard InChI is InChI=1S/C16H18F2N2O3/c1-4-20-9(3)13(15(21)23-5-2)14(19-16(20)22)10-6-7-11(17)12(18)8-10/h6-8,14H,4-5H2,1-3H3,(H,19,22). The molecular weight excluding hydrogens is 306 g/mol. The van der Waals surface area contributed by atoms with Crippen LogP contribution in [0, 0.1) is 11.6 Å². The Balaban J connectivity index is 2.54. The number of esters is 1. The molecule has 7 heteroatoms. The largest absolute Gasteiger partial charge is 0.463 e. The average molecular weight is 324 g/mol. The summed E-state index contributed by atoms with van der Waals surface area (Å²) >= 11 is 0. The summed E-state index contributed by atoms with van der Waals surface area (Å²) in [7, 11) is 0. The highest BCUT2D eigenvalue weighted by Gasteiger charge is 2.36. The first kappa shape index (κ1) is 16.9. The molecule has 0 aliphatic carbocycles. The number of halogens is 2. The van der Waals surface area contributed by atoms with Gasteiger partial charge < -0.3 is 10.1 Å². The second kappa shape index (κ2) is 6.76. The quantitative estimate of drug-likeness (QED) is 0.867. The van der Waals surface area contributed by atoms with E-state index in [0.717, 1.165) is 12.1 Å². The molecule has 0 bridgehead atoms. The van der Waals surface area contributed by atoms with Gasteiger partial charge in [-0.2, -0.15) is 0 Å². The van der Waals surface area contributed by atoms with E-state index in [0.29, 0.717) is 12.2 Å². The minimum Gasteiger partial charge on any atom is -0.463 e. The van der Waals surface area contributed by atoms with Crippen molar-refractivity contribution in [1.29, 1.82) is 0 Å². The van der Waals surface area contributed by atoms with Crippen LogP contribution in [0.4, 0.5) is 13.6 Å². The molecule has 2 rings (SSSR count). The van der Waals surface area contributed by atoms with Gasteiger partial charge in [0.15, 0.2) is 11.6 Å². The Morgan fingerprint density at radius 3 is 2.57 bits per heavy atom.